The summed E-state index contributed by atoms with van der Waals surface area (Å²) in [5.41, 5.74) is 6.28. The first-order valence-electron chi connectivity index (χ1n) is 4.52. The van der Waals surface area contributed by atoms with E-state index in [4.69, 9.17) is 5.73 Å². The summed E-state index contributed by atoms with van der Waals surface area (Å²) >= 11 is 0. The van der Waals surface area contributed by atoms with Crippen LogP contribution in [0.5, 0.6) is 5.75 Å². The fourth-order valence-electron chi connectivity index (χ4n) is 1.11. The van der Waals surface area contributed by atoms with Crippen molar-refractivity contribution in [1.29, 1.82) is 0 Å². The van der Waals surface area contributed by atoms with Crippen LogP contribution in [0, 0.1) is 0 Å². The van der Waals surface area contributed by atoms with E-state index in [1.165, 1.54) is 0 Å². The van der Waals surface area contributed by atoms with Crippen LogP contribution in [0.4, 0.5) is 0 Å². The normalized spacial score (nSPS) is 10.2. The molecule has 0 saturated carbocycles. The highest BCUT2D eigenvalue weighted by Gasteiger charge is 1.97. The van der Waals surface area contributed by atoms with Crippen LogP contribution in [0.25, 0.3) is 0 Å². The Kier molecular flexibility index (Phi) is 4.29. The van der Waals surface area contributed by atoms with Crippen molar-refractivity contribution in [2.45, 2.75) is 13.0 Å². The Bertz CT molecular complexity index is 250. The lowest BCUT2D eigenvalue weighted by Gasteiger charge is -2.05. The van der Waals surface area contributed by atoms with Crippen LogP contribution in [-0.4, -0.2) is 18.2 Å². The Balaban J connectivity index is 2.32. The molecule has 0 amide bonds. The van der Waals surface area contributed by atoms with Gasteiger partial charge in [-0.25, -0.2) is 0 Å². The zero-order valence-corrected chi connectivity index (χ0v) is 7.66. The topological polar surface area (TPSA) is 58.3 Å². The van der Waals surface area contributed by atoms with E-state index in [0.29, 0.717) is 18.8 Å². The molecule has 0 aromatic heterocycles. The molecule has 0 fully saturated rings. The predicted octanol–water partition coefficient (Wildman–Crippen LogP) is 0.831. The maximum Gasteiger partial charge on any atom is 0.120 e. The molecule has 0 aliphatic heterocycles. The zero-order valence-electron chi connectivity index (χ0n) is 7.66. The van der Waals surface area contributed by atoms with Crippen LogP contribution < -0.4 is 11.1 Å². The van der Waals surface area contributed by atoms with Crippen LogP contribution in [0.1, 0.15) is 12.0 Å². The van der Waals surface area contributed by atoms with Gasteiger partial charge in [-0.3, -0.25) is 0 Å². The standard InChI is InChI=1S/C10H16N2O/c11-6-3-7-12-8-9-4-1-2-5-10(9)13/h1-2,4-5,12-13H,3,6-8,11H2. The largest absolute Gasteiger partial charge is 0.508 e. The molecule has 1 aromatic carbocycles. The van der Waals surface area contributed by atoms with Gasteiger partial charge < -0.3 is 16.2 Å². The first kappa shape index (κ1) is 10.0. The predicted molar refractivity (Wildman–Crippen MR) is 53.5 cm³/mol. The van der Waals surface area contributed by atoms with E-state index >= 15 is 0 Å². The first-order chi connectivity index (χ1) is 6.34. The first-order valence-corrected chi connectivity index (χ1v) is 4.52. The van der Waals surface area contributed by atoms with E-state index in [1.807, 2.05) is 18.2 Å². The van der Waals surface area contributed by atoms with Gasteiger partial charge in [0.25, 0.3) is 0 Å². The summed E-state index contributed by atoms with van der Waals surface area (Å²) in [7, 11) is 0. The lowest BCUT2D eigenvalue weighted by atomic mass is 10.2. The summed E-state index contributed by atoms with van der Waals surface area (Å²) in [5.74, 6) is 0.350. The third-order valence-corrected chi connectivity index (χ3v) is 1.86. The van der Waals surface area contributed by atoms with Gasteiger partial charge in [-0.2, -0.15) is 0 Å². The summed E-state index contributed by atoms with van der Waals surface area (Å²) in [4.78, 5) is 0. The van der Waals surface area contributed by atoms with E-state index in [2.05, 4.69) is 5.32 Å². The zero-order chi connectivity index (χ0) is 9.52. The van der Waals surface area contributed by atoms with Crippen LogP contribution >= 0.6 is 0 Å². The molecule has 0 bridgehead atoms. The quantitative estimate of drug-likeness (QED) is 0.588. The molecule has 0 unspecified atom stereocenters. The van der Waals surface area contributed by atoms with Gasteiger partial charge in [0.15, 0.2) is 0 Å². The molecule has 0 radical (unpaired) electrons. The van der Waals surface area contributed by atoms with Gasteiger partial charge in [0.05, 0.1) is 0 Å². The molecule has 1 rings (SSSR count). The van der Waals surface area contributed by atoms with Crippen LogP contribution in [-0.2, 0) is 6.54 Å². The Labute approximate surface area is 78.6 Å². The molecule has 72 valence electrons. The van der Waals surface area contributed by atoms with Gasteiger partial charge in [0, 0.05) is 12.1 Å². The number of phenolic OH excluding ortho intramolecular Hbond substituents is 1. The van der Waals surface area contributed by atoms with Crippen molar-refractivity contribution in [3.05, 3.63) is 29.8 Å². The molecule has 0 aliphatic rings. The summed E-state index contributed by atoms with van der Waals surface area (Å²) in [6.45, 7) is 2.30. The molecule has 1 aromatic rings. The highest BCUT2D eigenvalue weighted by molar-refractivity contribution is 5.31. The Hall–Kier alpha value is -1.06. The summed E-state index contributed by atoms with van der Waals surface area (Å²) in [6, 6.07) is 7.34. The van der Waals surface area contributed by atoms with Crippen molar-refractivity contribution in [3.8, 4) is 5.75 Å². The summed E-state index contributed by atoms with van der Waals surface area (Å²) < 4.78 is 0. The Morgan fingerprint density at radius 2 is 2.08 bits per heavy atom. The number of phenols is 1. The summed E-state index contributed by atoms with van der Waals surface area (Å²) in [5, 5.41) is 12.6. The second-order valence-corrected chi connectivity index (χ2v) is 2.95. The molecule has 13 heavy (non-hydrogen) atoms. The third-order valence-electron chi connectivity index (χ3n) is 1.86. The molecule has 0 saturated heterocycles. The second kappa shape index (κ2) is 5.56. The molecule has 0 atom stereocenters. The minimum Gasteiger partial charge on any atom is -0.508 e. The minimum absolute atomic E-state index is 0.350. The fraction of sp³-hybridized carbons (Fsp3) is 0.400. The lowest BCUT2D eigenvalue weighted by Crippen LogP contribution is -2.17. The van der Waals surface area contributed by atoms with E-state index in [0.717, 1.165) is 18.5 Å². The number of hydrogen-bond acceptors (Lipinski definition) is 3. The summed E-state index contributed by atoms with van der Waals surface area (Å²) in [6.07, 6.45) is 0.966. The van der Waals surface area contributed by atoms with Gasteiger partial charge in [-0.15, -0.1) is 0 Å². The molecule has 0 spiro atoms. The monoisotopic (exact) mass is 180 g/mol. The highest BCUT2D eigenvalue weighted by atomic mass is 16.3. The average molecular weight is 180 g/mol. The third kappa shape index (κ3) is 3.44. The maximum atomic E-state index is 9.40. The number of benzene rings is 1. The number of nitrogens with two attached hydrogens (primary N) is 1. The molecular formula is C10H16N2O. The van der Waals surface area contributed by atoms with Gasteiger partial charge in [0.1, 0.15) is 5.75 Å². The smallest absolute Gasteiger partial charge is 0.120 e. The Morgan fingerprint density at radius 1 is 1.31 bits per heavy atom. The van der Waals surface area contributed by atoms with Crippen LogP contribution in [0.3, 0.4) is 0 Å². The molecule has 3 nitrogen and oxygen atoms in total. The van der Waals surface area contributed by atoms with E-state index in [1.54, 1.807) is 6.07 Å². The fourth-order valence-corrected chi connectivity index (χ4v) is 1.11. The van der Waals surface area contributed by atoms with Crippen molar-refractivity contribution >= 4 is 0 Å². The number of aromatic hydroxyl groups is 1. The number of para-hydroxylation sites is 1. The van der Waals surface area contributed by atoms with Gasteiger partial charge >= 0.3 is 0 Å². The van der Waals surface area contributed by atoms with Crippen molar-refractivity contribution < 1.29 is 5.11 Å². The van der Waals surface area contributed by atoms with E-state index in [-0.39, 0.29) is 0 Å². The lowest BCUT2D eigenvalue weighted by molar-refractivity contribution is 0.464. The Morgan fingerprint density at radius 3 is 2.77 bits per heavy atom. The molecule has 4 N–H and O–H groups in total. The molecular weight excluding hydrogens is 164 g/mol. The van der Waals surface area contributed by atoms with E-state index in [9.17, 15) is 5.11 Å². The second-order valence-electron chi connectivity index (χ2n) is 2.95. The molecule has 3 heteroatoms. The van der Waals surface area contributed by atoms with Crippen molar-refractivity contribution in [3.63, 3.8) is 0 Å². The van der Waals surface area contributed by atoms with Crippen molar-refractivity contribution in [2.24, 2.45) is 5.73 Å². The SMILES string of the molecule is NCCCNCc1ccccc1O. The minimum atomic E-state index is 0.350. The van der Waals surface area contributed by atoms with Crippen LogP contribution in [0.15, 0.2) is 24.3 Å². The number of hydrogen-bond donors (Lipinski definition) is 3. The number of nitrogens with one attached hydrogen (secondary N) is 1. The van der Waals surface area contributed by atoms with E-state index < -0.39 is 0 Å². The van der Waals surface area contributed by atoms with Gasteiger partial charge in [-0.05, 0) is 25.6 Å². The highest BCUT2D eigenvalue weighted by Crippen LogP contribution is 2.14. The average Bonchev–Trinajstić information content (AvgIpc) is 2.15. The molecule has 0 heterocycles. The number of rotatable bonds is 5. The van der Waals surface area contributed by atoms with Gasteiger partial charge in [-0.1, -0.05) is 18.2 Å². The van der Waals surface area contributed by atoms with Crippen molar-refractivity contribution in [1.82, 2.24) is 5.32 Å². The maximum absolute atomic E-state index is 9.40. The van der Waals surface area contributed by atoms with Crippen LogP contribution in [0.2, 0.25) is 0 Å². The van der Waals surface area contributed by atoms with Crippen molar-refractivity contribution in [2.75, 3.05) is 13.1 Å². The van der Waals surface area contributed by atoms with Gasteiger partial charge in [0.2, 0.25) is 0 Å². The molecule has 0 aliphatic carbocycles.